The van der Waals surface area contributed by atoms with Crippen LogP contribution in [0, 0.1) is 0 Å². The van der Waals surface area contributed by atoms with Crippen LogP contribution < -0.4 is 10.1 Å². The predicted molar refractivity (Wildman–Crippen MR) is 72.1 cm³/mol. The molecule has 2 aromatic heterocycles. The Hall–Kier alpha value is -2.56. The monoisotopic (exact) mass is 255 g/mol. The molecule has 5 heteroatoms. The Balaban J connectivity index is 1.90. The molecule has 2 heterocycles. The Labute approximate surface area is 110 Å². The second kappa shape index (κ2) is 4.97. The fourth-order valence-corrected chi connectivity index (χ4v) is 1.93. The van der Waals surface area contributed by atoms with E-state index in [4.69, 9.17) is 9.26 Å². The van der Waals surface area contributed by atoms with Crippen molar-refractivity contribution in [2.24, 2.45) is 0 Å². The van der Waals surface area contributed by atoms with Gasteiger partial charge in [-0.15, -0.1) is 0 Å². The van der Waals surface area contributed by atoms with Gasteiger partial charge in [-0.25, -0.2) is 4.98 Å². The molecule has 0 aliphatic carbocycles. The van der Waals surface area contributed by atoms with Crippen molar-refractivity contribution in [2.75, 3.05) is 12.4 Å². The second-order valence-corrected chi connectivity index (χ2v) is 4.09. The van der Waals surface area contributed by atoms with Gasteiger partial charge in [-0.1, -0.05) is 5.16 Å². The Morgan fingerprint density at radius 2 is 2.21 bits per heavy atom. The number of nitrogens with one attached hydrogen (secondary N) is 1. The van der Waals surface area contributed by atoms with E-state index in [2.05, 4.69) is 15.5 Å². The van der Waals surface area contributed by atoms with Crippen molar-refractivity contribution in [3.63, 3.8) is 0 Å². The number of rotatable bonds is 4. The Bertz CT molecular complexity index is 680. The predicted octanol–water partition coefficient (Wildman–Crippen LogP) is 2.84. The van der Waals surface area contributed by atoms with Gasteiger partial charge in [-0.05, 0) is 29.7 Å². The summed E-state index contributed by atoms with van der Waals surface area (Å²) >= 11 is 0. The summed E-state index contributed by atoms with van der Waals surface area (Å²) in [6.07, 6.45) is 3.32. The van der Waals surface area contributed by atoms with Gasteiger partial charge in [0.2, 0.25) is 0 Å². The summed E-state index contributed by atoms with van der Waals surface area (Å²) in [6, 6.07) is 9.68. The van der Waals surface area contributed by atoms with E-state index in [0.29, 0.717) is 6.54 Å². The molecule has 0 radical (unpaired) electrons. The molecular weight excluding hydrogens is 242 g/mol. The van der Waals surface area contributed by atoms with E-state index in [1.54, 1.807) is 19.6 Å². The van der Waals surface area contributed by atoms with Crippen LogP contribution in [0.15, 0.2) is 47.3 Å². The maximum atomic E-state index is 5.22. The highest BCUT2D eigenvalue weighted by atomic mass is 16.5. The molecule has 0 aliphatic heterocycles. The van der Waals surface area contributed by atoms with E-state index in [1.165, 1.54) is 0 Å². The number of pyridine rings is 1. The van der Waals surface area contributed by atoms with Crippen LogP contribution in [-0.4, -0.2) is 17.3 Å². The molecule has 0 aliphatic rings. The van der Waals surface area contributed by atoms with Crippen molar-refractivity contribution in [1.82, 2.24) is 10.1 Å². The molecule has 3 rings (SSSR count). The molecule has 0 saturated heterocycles. The lowest BCUT2D eigenvalue weighted by molar-refractivity contribution is 0.412. The lowest BCUT2D eigenvalue weighted by Gasteiger charge is -2.08. The summed E-state index contributed by atoms with van der Waals surface area (Å²) in [6.45, 7) is 0.578. The molecule has 1 N–H and O–H groups in total. The number of hydrogen-bond donors (Lipinski definition) is 1. The van der Waals surface area contributed by atoms with Crippen LogP contribution in [0.3, 0.4) is 0 Å². The molecule has 96 valence electrons. The number of ether oxygens (including phenoxy) is 1. The SMILES string of the molecule is COc1ccc2c(NCc3ccon3)nccc2c1. The van der Waals surface area contributed by atoms with Gasteiger partial charge in [-0.2, -0.15) is 0 Å². The standard InChI is InChI=1S/C14H13N3O2/c1-18-12-2-3-13-10(8-12)4-6-15-14(13)16-9-11-5-7-19-17-11/h2-8H,9H2,1H3,(H,15,16). The van der Waals surface area contributed by atoms with E-state index in [0.717, 1.165) is 28.0 Å². The van der Waals surface area contributed by atoms with Crippen LogP contribution >= 0.6 is 0 Å². The number of benzene rings is 1. The van der Waals surface area contributed by atoms with Crippen molar-refractivity contribution >= 4 is 16.6 Å². The molecule has 0 spiro atoms. The minimum Gasteiger partial charge on any atom is -0.497 e. The average Bonchev–Trinajstić information content (AvgIpc) is 2.97. The summed E-state index contributed by atoms with van der Waals surface area (Å²) in [5, 5.41) is 9.24. The van der Waals surface area contributed by atoms with E-state index in [9.17, 15) is 0 Å². The maximum absolute atomic E-state index is 5.22. The highest BCUT2D eigenvalue weighted by molar-refractivity contribution is 5.92. The van der Waals surface area contributed by atoms with Crippen LogP contribution in [0.5, 0.6) is 5.75 Å². The summed E-state index contributed by atoms with van der Waals surface area (Å²) in [5.41, 5.74) is 0.840. The van der Waals surface area contributed by atoms with E-state index in [1.807, 2.05) is 30.3 Å². The first kappa shape index (κ1) is 11.5. The summed E-state index contributed by atoms with van der Waals surface area (Å²) in [5.74, 6) is 1.66. The fourth-order valence-electron chi connectivity index (χ4n) is 1.93. The first-order valence-corrected chi connectivity index (χ1v) is 5.93. The molecule has 0 unspecified atom stereocenters. The van der Waals surface area contributed by atoms with Crippen LogP contribution in [0.25, 0.3) is 10.8 Å². The lowest BCUT2D eigenvalue weighted by atomic mass is 10.1. The molecular formula is C14H13N3O2. The average molecular weight is 255 g/mol. The quantitative estimate of drug-likeness (QED) is 0.776. The molecule has 19 heavy (non-hydrogen) atoms. The van der Waals surface area contributed by atoms with Gasteiger partial charge in [0.25, 0.3) is 0 Å². The molecule has 3 aromatic rings. The third kappa shape index (κ3) is 2.35. The number of aromatic nitrogens is 2. The third-order valence-electron chi connectivity index (χ3n) is 2.90. The van der Waals surface area contributed by atoms with E-state index >= 15 is 0 Å². The molecule has 1 aromatic carbocycles. The van der Waals surface area contributed by atoms with Crippen molar-refractivity contribution in [2.45, 2.75) is 6.54 Å². The van der Waals surface area contributed by atoms with Gasteiger partial charge >= 0.3 is 0 Å². The maximum Gasteiger partial charge on any atom is 0.134 e. The number of hydrogen-bond acceptors (Lipinski definition) is 5. The first-order chi connectivity index (χ1) is 9.36. The number of fused-ring (bicyclic) bond motifs is 1. The number of anilines is 1. The van der Waals surface area contributed by atoms with Gasteiger partial charge in [0.1, 0.15) is 23.5 Å². The van der Waals surface area contributed by atoms with Gasteiger partial charge in [-0.3, -0.25) is 0 Å². The second-order valence-electron chi connectivity index (χ2n) is 4.09. The van der Waals surface area contributed by atoms with Crippen molar-refractivity contribution in [1.29, 1.82) is 0 Å². The molecule has 0 atom stereocenters. The minimum absolute atomic E-state index is 0.578. The highest BCUT2D eigenvalue weighted by Crippen LogP contribution is 2.25. The Morgan fingerprint density at radius 3 is 3.00 bits per heavy atom. The van der Waals surface area contributed by atoms with E-state index < -0.39 is 0 Å². The number of nitrogens with zero attached hydrogens (tertiary/aromatic N) is 2. The number of methoxy groups -OCH3 is 1. The first-order valence-electron chi connectivity index (χ1n) is 5.93. The molecule has 5 nitrogen and oxygen atoms in total. The van der Waals surface area contributed by atoms with Crippen LogP contribution in [0.4, 0.5) is 5.82 Å². The van der Waals surface area contributed by atoms with Crippen LogP contribution in [0.1, 0.15) is 5.69 Å². The topological polar surface area (TPSA) is 60.2 Å². The molecule has 0 bridgehead atoms. The summed E-state index contributed by atoms with van der Waals surface area (Å²) in [7, 11) is 1.66. The zero-order valence-electron chi connectivity index (χ0n) is 10.5. The van der Waals surface area contributed by atoms with Crippen molar-refractivity contribution in [3.8, 4) is 5.75 Å². The van der Waals surface area contributed by atoms with Gasteiger partial charge in [0, 0.05) is 17.6 Å². The van der Waals surface area contributed by atoms with Crippen molar-refractivity contribution in [3.05, 3.63) is 48.5 Å². The largest absolute Gasteiger partial charge is 0.497 e. The zero-order chi connectivity index (χ0) is 13.1. The normalized spacial score (nSPS) is 10.6. The summed E-state index contributed by atoms with van der Waals surface area (Å²) in [4.78, 5) is 4.35. The smallest absolute Gasteiger partial charge is 0.134 e. The molecule has 0 amide bonds. The minimum atomic E-state index is 0.578. The van der Waals surface area contributed by atoms with Gasteiger partial charge in [0.05, 0.1) is 13.7 Å². The van der Waals surface area contributed by atoms with Crippen LogP contribution in [0.2, 0.25) is 0 Å². The van der Waals surface area contributed by atoms with Crippen LogP contribution in [-0.2, 0) is 6.54 Å². The van der Waals surface area contributed by atoms with E-state index in [-0.39, 0.29) is 0 Å². The Kier molecular flexibility index (Phi) is 3.02. The van der Waals surface area contributed by atoms with Crippen molar-refractivity contribution < 1.29 is 9.26 Å². The lowest BCUT2D eigenvalue weighted by Crippen LogP contribution is -2.02. The summed E-state index contributed by atoms with van der Waals surface area (Å²) < 4.78 is 10.0. The fraction of sp³-hybridized carbons (Fsp3) is 0.143. The molecule has 0 saturated carbocycles. The van der Waals surface area contributed by atoms with Gasteiger partial charge < -0.3 is 14.6 Å². The van der Waals surface area contributed by atoms with Gasteiger partial charge in [0.15, 0.2) is 0 Å². The Morgan fingerprint density at radius 1 is 1.26 bits per heavy atom. The third-order valence-corrected chi connectivity index (χ3v) is 2.90. The zero-order valence-corrected chi connectivity index (χ0v) is 10.5. The highest BCUT2D eigenvalue weighted by Gasteiger charge is 2.04. The molecule has 0 fully saturated rings.